The maximum Gasteiger partial charge on any atom is 0.209 e. The van der Waals surface area contributed by atoms with Crippen LogP contribution in [0.1, 0.15) is 6.42 Å². The molecule has 1 aromatic heterocycles. The van der Waals surface area contributed by atoms with E-state index in [1.54, 1.807) is 11.8 Å². The van der Waals surface area contributed by atoms with Crippen molar-refractivity contribution in [3.8, 4) is 11.4 Å². The first-order chi connectivity index (χ1) is 10.5. The van der Waals surface area contributed by atoms with Crippen LogP contribution in [0.3, 0.4) is 0 Å². The molecule has 1 aliphatic carbocycles. The van der Waals surface area contributed by atoms with Crippen LogP contribution in [0, 0.1) is 5.92 Å². The van der Waals surface area contributed by atoms with Crippen molar-refractivity contribution in [3.05, 3.63) is 41.4 Å². The highest BCUT2D eigenvalue weighted by Crippen LogP contribution is 2.54. The lowest BCUT2D eigenvalue weighted by atomic mass is 10.2. The summed E-state index contributed by atoms with van der Waals surface area (Å²) in [5.74, 6) is 2.00. The summed E-state index contributed by atoms with van der Waals surface area (Å²) in [5.41, 5.74) is 1.03. The van der Waals surface area contributed by atoms with Crippen molar-refractivity contribution in [2.24, 2.45) is 5.92 Å². The van der Waals surface area contributed by atoms with Crippen LogP contribution in [0.2, 0.25) is 0 Å². The summed E-state index contributed by atoms with van der Waals surface area (Å²) in [6.07, 6.45) is 2.66. The van der Waals surface area contributed by atoms with Crippen LogP contribution in [0.15, 0.2) is 46.5 Å². The number of hydrogen-bond acceptors (Lipinski definition) is 3. The van der Waals surface area contributed by atoms with Crippen LogP contribution in [-0.4, -0.2) is 24.9 Å². The fourth-order valence-electron chi connectivity index (χ4n) is 2.07. The Morgan fingerprint density at radius 3 is 2.68 bits per heavy atom. The number of hydrogen-bond donors (Lipinski definition) is 0. The summed E-state index contributed by atoms with van der Waals surface area (Å²) >= 11 is 17.2. The van der Waals surface area contributed by atoms with Gasteiger partial charge in [-0.05, 0) is 18.6 Å². The summed E-state index contributed by atoms with van der Waals surface area (Å²) in [5, 5.41) is 5.29. The van der Waals surface area contributed by atoms with Gasteiger partial charge in [0.05, 0.1) is 6.54 Å². The lowest BCUT2D eigenvalue weighted by Gasteiger charge is -2.02. The molecule has 1 heterocycles. The molecule has 0 radical (unpaired) electrons. The molecule has 0 amide bonds. The van der Waals surface area contributed by atoms with E-state index in [0.717, 1.165) is 33.2 Å². The Balaban J connectivity index is 1.79. The van der Waals surface area contributed by atoms with Gasteiger partial charge in [-0.2, -0.15) is 0 Å². The minimum absolute atomic E-state index is 0.323. The van der Waals surface area contributed by atoms with Gasteiger partial charge in [0.25, 0.3) is 0 Å². The van der Waals surface area contributed by atoms with Crippen molar-refractivity contribution in [2.75, 3.05) is 5.75 Å². The van der Waals surface area contributed by atoms with E-state index in [1.807, 2.05) is 35.0 Å². The predicted octanol–water partition coefficient (Wildman–Crippen LogP) is 5.18. The molecule has 3 rings (SSSR count). The van der Waals surface area contributed by atoms with Gasteiger partial charge >= 0.3 is 0 Å². The average molecular weight is 419 g/mol. The van der Waals surface area contributed by atoms with Gasteiger partial charge < -0.3 is 0 Å². The molecule has 1 unspecified atom stereocenters. The SMILES string of the molecule is C=CCn1nc(SCC2CC2(Cl)Cl)nc1-c1ccc(Br)cc1. The molecule has 0 N–H and O–H groups in total. The van der Waals surface area contributed by atoms with Crippen molar-refractivity contribution in [1.29, 1.82) is 0 Å². The van der Waals surface area contributed by atoms with Crippen LogP contribution in [0.4, 0.5) is 0 Å². The maximum atomic E-state index is 6.06. The molecule has 0 aliphatic heterocycles. The molecule has 1 aromatic carbocycles. The third-order valence-corrected chi connectivity index (χ3v) is 5.88. The molecule has 1 aliphatic rings. The van der Waals surface area contributed by atoms with Gasteiger partial charge in [0.1, 0.15) is 4.33 Å². The Morgan fingerprint density at radius 1 is 1.41 bits per heavy atom. The molecular weight excluding hydrogens is 405 g/mol. The maximum absolute atomic E-state index is 6.06. The van der Waals surface area contributed by atoms with E-state index in [-0.39, 0.29) is 0 Å². The molecule has 0 spiro atoms. The second-order valence-electron chi connectivity index (χ2n) is 5.17. The second-order valence-corrected chi connectivity index (χ2v) is 8.61. The lowest BCUT2D eigenvalue weighted by Crippen LogP contribution is -2.00. The Morgan fingerprint density at radius 2 is 2.09 bits per heavy atom. The molecule has 1 saturated carbocycles. The number of allylic oxidation sites excluding steroid dienone is 1. The second kappa shape index (κ2) is 6.56. The van der Waals surface area contributed by atoms with Crippen LogP contribution in [-0.2, 0) is 6.54 Å². The first kappa shape index (κ1) is 16.4. The summed E-state index contributed by atoms with van der Waals surface area (Å²) in [6, 6.07) is 8.03. The van der Waals surface area contributed by atoms with Crippen LogP contribution < -0.4 is 0 Å². The van der Waals surface area contributed by atoms with E-state index < -0.39 is 4.33 Å². The van der Waals surface area contributed by atoms with E-state index in [9.17, 15) is 0 Å². The normalized spacial score (nSPS) is 19.1. The minimum Gasteiger partial charge on any atom is -0.241 e. The summed E-state index contributed by atoms with van der Waals surface area (Å²) in [6.45, 7) is 4.40. The van der Waals surface area contributed by atoms with E-state index in [2.05, 4.69) is 32.6 Å². The molecule has 116 valence electrons. The Kier molecular flexibility index (Phi) is 4.88. The summed E-state index contributed by atoms with van der Waals surface area (Å²) in [4.78, 5) is 4.64. The summed E-state index contributed by atoms with van der Waals surface area (Å²) in [7, 11) is 0. The van der Waals surface area contributed by atoms with Gasteiger partial charge in [0, 0.05) is 21.7 Å². The van der Waals surface area contributed by atoms with Crippen molar-refractivity contribution in [2.45, 2.75) is 22.5 Å². The Labute approximate surface area is 152 Å². The zero-order valence-electron chi connectivity index (χ0n) is 11.7. The molecule has 3 nitrogen and oxygen atoms in total. The fraction of sp³-hybridized carbons (Fsp3) is 0.333. The van der Waals surface area contributed by atoms with Crippen LogP contribution >= 0.6 is 50.9 Å². The highest BCUT2D eigenvalue weighted by molar-refractivity contribution is 9.10. The van der Waals surface area contributed by atoms with Gasteiger partial charge in [-0.25, -0.2) is 9.67 Å². The van der Waals surface area contributed by atoms with E-state index >= 15 is 0 Å². The number of aromatic nitrogens is 3. The van der Waals surface area contributed by atoms with Gasteiger partial charge in [0.2, 0.25) is 5.16 Å². The zero-order valence-corrected chi connectivity index (χ0v) is 15.6. The molecule has 22 heavy (non-hydrogen) atoms. The predicted molar refractivity (Wildman–Crippen MR) is 96.6 cm³/mol. The number of rotatable bonds is 6. The molecular formula is C15H14BrCl2N3S. The molecule has 0 bridgehead atoms. The first-order valence-corrected chi connectivity index (χ1v) is 9.35. The van der Waals surface area contributed by atoms with Crippen molar-refractivity contribution in [1.82, 2.24) is 14.8 Å². The van der Waals surface area contributed by atoms with Gasteiger partial charge in [-0.15, -0.1) is 34.9 Å². The van der Waals surface area contributed by atoms with E-state index in [4.69, 9.17) is 23.2 Å². The number of halogens is 3. The topological polar surface area (TPSA) is 30.7 Å². The van der Waals surface area contributed by atoms with Gasteiger partial charge in [0.15, 0.2) is 5.82 Å². The standard InChI is InChI=1S/C15H14BrCl2N3S/c1-2-7-21-13(10-3-5-12(16)6-4-10)19-14(20-21)22-9-11-8-15(11,17)18/h2-6,11H,1,7-9H2. The monoisotopic (exact) mass is 417 g/mol. The Bertz CT molecular complexity index is 685. The highest BCUT2D eigenvalue weighted by Gasteiger charge is 2.51. The summed E-state index contributed by atoms with van der Waals surface area (Å²) < 4.78 is 2.35. The minimum atomic E-state index is -0.550. The fourth-order valence-corrected chi connectivity index (χ4v) is 4.10. The van der Waals surface area contributed by atoms with Crippen LogP contribution in [0.5, 0.6) is 0 Å². The molecule has 7 heteroatoms. The third-order valence-electron chi connectivity index (χ3n) is 3.43. The Hall–Kier alpha value is -0.490. The molecule has 1 fully saturated rings. The molecule has 1 atom stereocenters. The largest absolute Gasteiger partial charge is 0.241 e. The first-order valence-electron chi connectivity index (χ1n) is 6.82. The molecule has 2 aromatic rings. The lowest BCUT2D eigenvalue weighted by molar-refractivity contribution is 0.686. The van der Waals surface area contributed by atoms with E-state index in [0.29, 0.717) is 12.5 Å². The quantitative estimate of drug-likeness (QED) is 0.367. The highest BCUT2D eigenvalue weighted by atomic mass is 79.9. The van der Waals surface area contributed by atoms with Gasteiger partial charge in [-0.1, -0.05) is 45.9 Å². The van der Waals surface area contributed by atoms with Crippen molar-refractivity contribution < 1.29 is 0 Å². The van der Waals surface area contributed by atoms with Crippen LogP contribution in [0.25, 0.3) is 11.4 Å². The van der Waals surface area contributed by atoms with Crippen molar-refractivity contribution in [3.63, 3.8) is 0 Å². The molecule has 0 saturated heterocycles. The number of nitrogens with zero attached hydrogens (tertiary/aromatic N) is 3. The zero-order chi connectivity index (χ0) is 15.7. The third kappa shape index (κ3) is 3.70. The van der Waals surface area contributed by atoms with E-state index in [1.165, 1.54) is 0 Å². The number of thioether (sulfide) groups is 1. The smallest absolute Gasteiger partial charge is 0.209 e. The average Bonchev–Trinajstić information content (AvgIpc) is 2.91. The van der Waals surface area contributed by atoms with Gasteiger partial charge in [-0.3, -0.25) is 0 Å². The number of alkyl halides is 2. The number of benzene rings is 1. The van der Waals surface area contributed by atoms with Crippen molar-refractivity contribution >= 4 is 50.9 Å².